The number of carboxylic acids is 1. The number of para-hydroxylation sites is 1. The molecule has 0 bridgehead atoms. The number of carboxylic acid groups (broad SMARTS) is 1. The van der Waals surface area contributed by atoms with Gasteiger partial charge in [0.1, 0.15) is 26.0 Å². The Kier molecular flexibility index (Phi) is 15.2. The molecule has 4 rings (SSSR count). The van der Waals surface area contributed by atoms with Gasteiger partial charge in [0.05, 0.1) is 5.42 Å². The zero-order valence-electron chi connectivity index (χ0n) is 30.0. The highest BCUT2D eigenvalue weighted by Gasteiger charge is 2.34. The van der Waals surface area contributed by atoms with Gasteiger partial charge in [0.2, 0.25) is 11.8 Å². The molecule has 0 aliphatic heterocycles. The standard InChI is InChI=1S/C39H50N5O8P/c1-26(2)31(36(45)42-34(38(47)48)22-29-23-41-32-18-10-9-17-30(29)32)25-53(50,51)35(21-27-13-5-3-6-14-27)44-37(46)33(19-11-12-20-40)43-39(49)52-24-28-15-7-4-8-16-28/h3-10,13-18,23,26,31,33-34,41,50-51H,11-12,19-22,24-25,40H2,1-2H3,(H,42,45)(H,43,49)(H,44,46)(H,47,48)/t31?,33-,34-/m0/s1. The first-order valence-corrected chi connectivity index (χ1v) is 19.6. The zero-order chi connectivity index (χ0) is 38.4. The molecule has 4 aromatic rings. The van der Waals surface area contributed by atoms with Gasteiger partial charge in [-0.05, 0) is 54.5 Å². The Morgan fingerprint density at radius 2 is 1.47 bits per heavy atom. The summed E-state index contributed by atoms with van der Waals surface area (Å²) in [5.41, 5.74) is 8.54. The van der Waals surface area contributed by atoms with Gasteiger partial charge in [0.15, 0.2) is 0 Å². The van der Waals surface area contributed by atoms with Crippen LogP contribution in [-0.2, 0) is 38.6 Å². The molecule has 0 fully saturated rings. The smallest absolute Gasteiger partial charge is 0.408 e. The lowest BCUT2D eigenvalue weighted by Crippen LogP contribution is -2.49. The van der Waals surface area contributed by atoms with Crippen LogP contribution in [0.1, 0.15) is 49.8 Å². The number of ether oxygens (including phenoxy) is 1. The normalized spacial score (nSPS) is 13.2. The highest BCUT2D eigenvalue weighted by atomic mass is 31.2. The number of fused-ring (bicyclic) bond motifs is 1. The van der Waals surface area contributed by atoms with Crippen LogP contribution in [0.15, 0.2) is 91.1 Å². The Hall–Kier alpha value is -4.94. The third-order valence-corrected chi connectivity index (χ3v) is 11.0. The highest BCUT2D eigenvalue weighted by molar-refractivity contribution is 7.65. The number of aromatic nitrogens is 1. The number of hydrogen-bond acceptors (Lipinski definition) is 8. The number of amides is 3. The van der Waals surface area contributed by atoms with E-state index in [2.05, 4.69) is 20.9 Å². The van der Waals surface area contributed by atoms with Gasteiger partial charge in [0, 0.05) is 42.0 Å². The molecule has 284 valence electrons. The fourth-order valence-corrected chi connectivity index (χ4v) is 8.01. The van der Waals surface area contributed by atoms with Crippen molar-refractivity contribution in [2.24, 2.45) is 17.6 Å². The maximum absolute atomic E-state index is 13.8. The van der Waals surface area contributed by atoms with Crippen molar-refractivity contribution in [1.29, 1.82) is 0 Å². The molecule has 0 aliphatic carbocycles. The first-order valence-electron chi connectivity index (χ1n) is 17.7. The molecule has 0 saturated carbocycles. The number of nitrogens with one attached hydrogen (secondary N) is 4. The van der Waals surface area contributed by atoms with Crippen molar-refractivity contribution < 1.29 is 38.8 Å². The second-order valence-corrected chi connectivity index (χ2v) is 15.7. The topological polar surface area (TPSA) is 216 Å². The Morgan fingerprint density at radius 3 is 2.11 bits per heavy atom. The Bertz CT molecular complexity index is 1880. The van der Waals surface area contributed by atoms with E-state index < -0.39 is 61.3 Å². The van der Waals surface area contributed by atoms with Gasteiger partial charge in [-0.2, -0.15) is 0 Å². The second kappa shape index (κ2) is 19.8. The molecule has 0 aliphatic rings. The largest absolute Gasteiger partial charge is 0.480 e. The quantitative estimate of drug-likeness (QED) is 0.0506. The Morgan fingerprint density at radius 1 is 0.830 bits per heavy atom. The number of unbranched alkanes of at least 4 members (excludes halogenated alkanes) is 1. The average molecular weight is 748 g/mol. The molecule has 0 saturated heterocycles. The van der Waals surface area contributed by atoms with Crippen LogP contribution in [0.5, 0.6) is 0 Å². The summed E-state index contributed by atoms with van der Waals surface area (Å²) in [7, 11) is -4.24. The van der Waals surface area contributed by atoms with Crippen molar-refractivity contribution in [2.45, 2.75) is 64.6 Å². The molecule has 0 spiro atoms. The first-order chi connectivity index (χ1) is 25.4. The Balaban J connectivity index is 1.57. The molecular weight excluding hydrogens is 697 g/mol. The summed E-state index contributed by atoms with van der Waals surface area (Å²) < 4.78 is 5.35. The summed E-state index contributed by atoms with van der Waals surface area (Å²) in [5, 5.41) is 18.8. The minimum absolute atomic E-state index is 0.00219. The van der Waals surface area contributed by atoms with Crippen LogP contribution in [0.3, 0.4) is 0 Å². The molecule has 14 heteroatoms. The number of nitrogens with two attached hydrogens (primary N) is 1. The van der Waals surface area contributed by atoms with Gasteiger partial charge in [-0.3, -0.25) is 9.59 Å². The van der Waals surface area contributed by atoms with E-state index in [1.165, 1.54) is 0 Å². The van der Waals surface area contributed by atoms with Crippen LogP contribution < -0.4 is 21.7 Å². The number of rotatable bonds is 19. The zero-order valence-corrected chi connectivity index (χ0v) is 30.9. The maximum atomic E-state index is 13.8. The highest BCUT2D eigenvalue weighted by Crippen LogP contribution is 2.43. The van der Waals surface area contributed by atoms with E-state index in [9.17, 15) is 34.1 Å². The molecule has 53 heavy (non-hydrogen) atoms. The molecule has 3 aromatic carbocycles. The van der Waals surface area contributed by atoms with E-state index in [-0.39, 0.29) is 31.3 Å². The third kappa shape index (κ3) is 12.3. The molecule has 0 radical (unpaired) electrons. The fourth-order valence-electron chi connectivity index (χ4n) is 5.93. The van der Waals surface area contributed by atoms with Crippen molar-refractivity contribution in [3.8, 4) is 0 Å². The molecule has 9 N–H and O–H groups in total. The van der Waals surface area contributed by atoms with Gasteiger partial charge in [0.25, 0.3) is 0 Å². The summed E-state index contributed by atoms with van der Waals surface area (Å²) in [5.74, 6) is -4.05. The summed E-state index contributed by atoms with van der Waals surface area (Å²) in [6, 6.07) is 23.0. The third-order valence-electron chi connectivity index (χ3n) is 8.99. The molecule has 13 nitrogen and oxygen atoms in total. The van der Waals surface area contributed by atoms with Crippen molar-refractivity contribution in [3.63, 3.8) is 0 Å². The van der Waals surface area contributed by atoms with Crippen molar-refractivity contribution in [2.75, 3.05) is 12.7 Å². The molecule has 1 unspecified atom stereocenters. The maximum Gasteiger partial charge on any atom is 0.408 e. The SMILES string of the molecule is CC(C)C(CP(O)(O)=C(Cc1ccccc1)NC(=O)[C@H](CCCCN)NC(=O)OCc1ccccc1)C(=O)N[C@@H](Cc1c[nH]c2ccccc12)C(=O)O. The van der Waals surface area contributed by atoms with Crippen LogP contribution in [0.2, 0.25) is 0 Å². The molecule has 1 heterocycles. The van der Waals surface area contributed by atoms with E-state index in [0.717, 1.165) is 16.5 Å². The number of hydrogen-bond donors (Lipinski definition) is 8. The van der Waals surface area contributed by atoms with E-state index in [1.54, 1.807) is 62.5 Å². The summed E-state index contributed by atoms with van der Waals surface area (Å²) in [6.07, 6.45) is 1.66. The molecule has 3 amide bonds. The van der Waals surface area contributed by atoms with Crippen LogP contribution in [0.25, 0.3) is 10.9 Å². The minimum Gasteiger partial charge on any atom is -0.480 e. The lowest BCUT2D eigenvalue weighted by molar-refractivity contribution is -0.142. The van der Waals surface area contributed by atoms with E-state index in [1.807, 2.05) is 42.5 Å². The van der Waals surface area contributed by atoms with Crippen molar-refractivity contribution in [3.05, 3.63) is 108 Å². The monoisotopic (exact) mass is 747 g/mol. The number of aromatic amines is 1. The van der Waals surface area contributed by atoms with Gasteiger partial charge >= 0.3 is 12.1 Å². The molecule has 3 atom stereocenters. The van der Waals surface area contributed by atoms with Crippen LogP contribution in [0, 0.1) is 11.8 Å². The predicted octanol–water partition coefficient (Wildman–Crippen LogP) is 4.30. The molecule has 1 aromatic heterocycles. The van der Waals surface area contributed by atoms with Crippen LogP contribution in [-0.4, -0.2) is 74.0 Å². The Labute approximate surface area is 309 Å². The first kappa shape index (κ1) is 40.8. The second-order valence-electron chi connectivity index (χ2n) is 13.4. The summed E-state index contributed by atoms with van der Waals surface area (Å²) >= 11 is 0. The predicted molar refractivity (Wildman–Crippen MR) is 206 cm³/mol. The van der Waals surface area contributed by atoms with E-state index in [0.29, 0.717) is 30.5 Å². The summed E-state index contributed by atoms with van der Waals surface area (Å²) in [6.45, 7) is 3.82. The summed E-state index contributed by atoms with van der Waals surface area (Å²) in [4.78, 5) is 79.4. The number of benzene rings is 3. The molecular formula is C39H50N5O8P. The average Bonchev–Trinajstić information content (AvgIpc) is 3.55. The lowest BCUT2D eigenvalue weighted by Gasteiger charge is -2.29. The number of carbonyl (C=O) groups excluding carboxylic acids is 3. The van der Waals surface area contributed by atoms with Crippen LogP contribution >= 0.6 is 7.34 Å². The van der Waals surface area contributed by atoms with Gasteiger partial charge in [-0.25, -0.2) is 9.59 Å². The van der Waals surface area contributed by atoms with Crippen LogP contribution in [0.4, 0.5) is 4.79 Å². The number of aliphatic carboxylic acids is 1. The minimum atomic E-state index is -4.24. The lowest BCUT2D eigenvalue weighted by atomic mass is 9.96. The van der Waals surface area contributed by atoms with E-state index >= 15 is 0 Å². The van der Waals surface area contributed by atoms with Gasteiger partial charge in [-0.15, -0.1) is 0 Å². The van der Waals surface area contributed by atoms with E-state index in [4.69, 9.17) is 10.5 Å². The van der Waals surface area contributed by atoms with Crippen molar-refractivity contribution >= 4 is 47.5 Å². The van der Waals surface area contributed by atoms with Gasteiger partial charge in [-0.1, -0.05) is 92.7 Å². The van der Waals surface area contributed by atoms with Gasteiger partial charge < -0.3 is 46.3 Å². The number of H-pyrrole nitrogens is 1. The van der Waals surface area contributed by atoms with Crippen molar-refractivity contribution in [1.82, 2.24) is 20.9 Å². The number of alkyl carbamates (subject to hydrolysis) is 1. The fraction of sp³-hybridized carbons (Fsp3) is 0.359. The number of carbonyl (C=O) groups is 4.